The number of carboxylic acids is 4. The molecule has 0 bridgehead atoms. The fraction of sp³-hybridized carbons (Fsp3) is 0.534. The number of esters is 1. The number of primary amides is 1. The summed E-state index contributed by atoms with van der Waals surface area (Å²) in [7, 11) is 0. The second-order valence-electron chi connectivity index (χ2n) is 23.1. The molecule has 13 atom stereocenters. The zero-order valence-corrected chi connectivity index (χ0v) is 54.2. The summed E-state index contributed by atoms with van der Waals surface area (Å²) in [5.74, 6) is -28.8. The molecule has 100 heavy (non-hydrogen) atoms. The van der Waals surface area contributed by atoms with E-state index in [4.69, 9.17) is 16.2 Å². The van der Waals surface area contributed by atoms with E-state index in [2.05, 4.69) is 47.5 Å². The molecule has 3 rings (SSSR count). The van der Waals surface area contributed by atoms with Gasteiger partial charge in [-0.2, -0.15) is 0 Å². The molecule has 14 amide bonds. The number of aliphatic carboxylic acids is 4. The van der Waals surface area contributed by atoms with E-state index in [1.165, 1.54) is 20.0 Å². The maximum atomic E-state index is 14.4. The van der Waals surface area contributed by atoms with Gasteiger partial charge in [-0.25, -0.2) is 4.79 Å². The van der Waals surface area contributed by atoms with Gasteiger partial charge >= 0.3 is 29.8 Å². The topological polar surface area (TPSA) is 679 Å². The number of carbonyl (C=O) groups is 19. The van der Waals surface area contributed by atoms with E-state index < -0.39 is 256 Å². The van der Waals surface area contributed by atoms with E-state index in [1.807, 2.05) is 26.6 Å². The average molecular weight is 1420 g/mol. The van der Waals surface area contributed by atoms with Crippen LogP contribution in [0.3, 0.4) is 0 Å². The van der Waals surface area contributed by atoms with Crippen LogP contribution >= 0.6 is 0 Å². The summed E-state index contributed by atoms with van der Waals surface area (Å²) in [5.41, 5.74) is 12.2. The first-order valence-corrected chi connectivity index (χ1v) is 30.6. The summed E-state index contributed by atoms with van der Waals surface area (Å²) in [4.78, 5) is 255. The molecule has 42 heteroatoms. The number of aromatic amines is 1. The highest BCUT2D eigenvalue weighted by molar-refractivity contribution is 6.01. The number of carbonyl (C=O) groups excluding carboxylic acids is 15. The molecule has 1 aromatic carbocycles. The molecule has 1 aliphatic rings. The third kappa shape index (κ3) is 26.9. The number of benzene rings is 1. The molecule has 42 nitrogen and oxygen atoms in total. The molecule has 1 aromatic heterocycles. The summed E-state index contributed by atoms with van der Waals surface area (Å²) in [6, 6.07) is -15.4. The molecule has 1 fully saturated rings. The lowest BCUT2D eigenvalue weighted by atomic mass is 9.95. The highest BCUT2D eigenvalue weighted by Crippen LogP contribution is 2.20. The van der Waals surface area contributed by atoms with Crippen LogP contribution < -0.4 is 80.6 Å². The number of hydrogen-bond acceptors (Lipinski definition) is 23. The van der Waals surface area contributed by atoms with Crippen LogP contribution in [-0.2, 0) is 102 Å². The van der Waals surface area contributed by atoms with Crippen molar-refractivity contribution in [2.75, 3.05) is 32.8 Å². The Morgan fingerprint density at radius 1 is 0.590 bits per heavy atom. The van der Waals surface area contributed by atoms with Gasteiger partial charge in [0.15, 0.2) is 0 Å². The lowest BCUT2D eigenvalue weighted by molar-refractivity contribution is -0.157. The average Bonchev–Trinajstić information content (AvgIpc) is 1.61. The van der Waals surface area contributed by atoms with Crippen LogP contribution in [0.4, 0.5) is 0 Å². The minimum atomic E-state index is -2.33. The Bertz CT molecular complexity index is 3380. The van der Waals surface area contributed by atoms with Crippen molar-refractivity contribution in [3.8, 4) is 0 Å². The van der Waals surface area contributed by atoms with E-state index in [1.54, 1.807) is 24.3 Å². The molecule has 2 aromatic rings. The van der Waals surface area contributed by atoms with Gasteiger partial charge in [0.05, 0.1) is 58.4 Å². The third-order valence-corrected chi connectivity index (χ3v) is 14.8. The van der Waals surface area contributed by atoms with Gasteiger partial charge in [-0.3, -0.25) is 86.3 Å². The van der Waals surface area contributed by atoms with Crippen LogP contribution in [0.25, 0.3) is 10.9 Å². The number of nitrogens with two attached hydrogens (primary N) is 2. The number of fused-ring (bicyclic) bond motifs is 1. The molecule has 0 radical (unpaired) electrons. The van der Waals surface area contributed by atoms with Gasteiger partial charge in [0.1, 0.15) is 72.6 Å². The molecule has 0 aliphatic carbocycles. The van der Waals surface area contributed by atoms with Crippen molar-refractivity contribution in [3.63, 3.8) is 0 Å². The first-order chi connectivity index (χ1) is 47.0. The molecule has 13 unspecified atom stereocenters. The summed E-state index contributed by atoms with van der Waals surface area (Å²) in [6.07, 6.45) is -6.79. The molecule has 550 valence electrons. The van der Waals surface area contributed by atoms with E-state index in [9.17, 15) is 122 Å². The third-order valence-electron chi connectivity index (χ3n) is 14.8. The van der Waals surface area contributed by atoms with Crippen LogP contribution in [0, 0.1) is 11.8 Å². The van der Waals surface area contributed by atoms with Crippen LogP contribution in [0.1, 0.15) is 78.2 Å². The normalized spacial score (nSPS) is 22.7. The minimum Gasteiger partial charge on any atom is -0.481 e. The monoisotopic (exact) mass is 1420 g/mol. The van der Waals surface area contributed by atoms with Crippen LogP contribution in [0.2, 0.25) is 0 Å². The Balaban J connectivity index is 2.19. The Labute approximate surface area is 566 Å². The number of rotatable bonds is 27. The van der Waals surface area contributed by atoms with Crippen molar-refractivity contribution in [2.45, 2.75) is 152 Å². The molecule has 1 aliphatic heterocycles. The van der Waals surface area contributed by atoms with E-state index in [-0.39, 0.29) is 25.8 Å². The van der Waals surface area contributed by atoms with Crippen molar-refractivity contribution in [1.82, 2.24) is 74.1 Å². The van der Waals surface area contributed by atoms with Gasteiger partial charge in [-0.15, -0.1) is 0 Å². The molecule has 2 heterocycles. The van der Waals surface area contributed by atoms with E-state index >= 15 is 0 Å². The zero-order valence-electron chi connectivity index (χ0n) is 54.2. The predicted octanol–water partition coefficient (Wildman–Crippen LogP) is -10.4. The first kappa shape index (κ1) is 82.8. The minimum absolute atomic E-state index is 0.0922. The molecule has 0 saturated carbocycles. The van der Waals surface area contributed by atoms with E-state index in [0.717, 1.165) is 13.8 Å². The lowest BCUT2D eigenvalue weighted by Gasteiger charge is -2.31. The van der Waals surface area contributed by atoms with E-state index in [0.29, 0.717) is 16.5 Å². The fourth-order valence-corrected chi connectivity index (χ4v) is 9.62. The van der Waals surface area contributed by atoms with Gasteiger partial charge in [0.2, 0.25) is 83.2 Å². The van der Waals surface area contributed by atoms with Crippen LogP contribution in [0.15, 0.2) is 30.5 Å². The second kappa shape index (κ2) is 40.3. The van der Waals surface area contributed by atoms with Crippen molar-refractivity contribution in [2.24, 2.45) is 23.3 Å². The predicted molar refractivity (Wildman–Crippen MR) is 335 cm³/mol. The summed E-state index contributed by atoms with van der Waals surface area (Å²) in [6.45, 7) is -0.433. The summed E-state index contributed by atoms with van der Waals surface area (Å²) >= 11 is 0. The smallest absolute Gasteiger partial charge is 0.329 e. The van der Waals surface area contributed by atoms with Crippen molar-refractivity contribution < 1.29 is 126 Å². The van der Waals surface area contributed by atoms with Crippen LogP contribution in [0.5, 0.6) is 0 Å². The van der Waals surface area contributed by atoms with Gasteiger partial charge in [-0.05, 0) is 49.8 Å². The number of amides is 14. The number of H-pyrrole nitrogens is 1. The number of aliphatic hydroxyl groups is 2. The summed E-state index contributed by atoms with van der Waals surface area (Å²) < 4.78 is 5.60. The Hall–Kier alpha value is -11.4. The maximum Gasteiger partial charge on any atom is 0.329 e. The zero-order chi connectivity index (χ0) is 75.2. The number of hydrogen-bond donors (Lipinski definition) is 22. The SMILES string of the molecule is CC(C)C1NC(=O)C(C(C)CC(=O)O)NC(=O)C(CO)NC(=O)CNC(=O)C(CC(=O)O)NC(=O)C(CO)NC(=O)C(CC(=O)O)NC(=O)C(CCCN)NC(=O)CNC(=O)C(NC(=O)C(CC(=O)O)NC(=O)C(CC(N)=O)NC(=O)C(Cc2c[nH]c3ccccc23)NC=O)C(C)OC1=O. The van der Waals surface area contributed by atoms with Crippen LogP contribution in [-0.4, -0.2) is 254 Å². The van der Waals surface area contributed by atoms with Gasteiger partial charge in [-0.1, -0.05) is 39.0 Å². The summed E-state index contributed by atoms with van der Waals surface area (Å²) in [5, 5.41) is 87.2. The van der Waals surface area contributed by atoms with Gasteiger partial charge < -0.3 is 121 Å². The number of ether oxygens (including phenoxy) is 1. The number of aromatic nitrogens is 1. The largest absolute Gasteiger partial charge is 0.481 e. The molecule has 24 N–H and O–H groups in total. The molecular weight excluding hydrogens is 1340 g/mol. The number of aliphatic hydroxyl groups excluding tert-OH is 2. The first-order valence-electron chi connectivity index (χ1n) is 30.6. The highest BCUT2D eigenvalue weighted by atomic mass is 16.5. The van der Waals surface area contributed by atoms with Gasteiger partial charge in [0, 0.05) is 23.5 Å². The van der Waals surface area contributed by atoms with Crippen molar-refractivity contribution in [3.05, 3.63) is 36.0 Å². The Morgan fingerprint density at radius 3 is 1.62 bits per heavy atom. The number of para-hydroxylation sites is 1. The second-order valence-corrected chi connectivity index (χ2v) is 23.1. The van der Waals surface area contributed by atoms with Crippen molar-refractivity contribution >= 4 is 124 Å². The standard InChI is InChI=1S/C58H82N16O26/c1-24(2)45-58(99)100-26(4)47(74-53(94)35(17-44(87)88)70-51(92)32(14-38(60)78)67-50(91)31(64-23-77)13-27-18-61-29-9-6-5-8-28(27)29)56(97)63-20-39(79)65-30(10-7-11-59)49(90)69-34(16-43(85)86)52(93)71-37(22-76)54(95)68-33(15-42(83)84)48(89)62-19-40(80)66-36(21-75)55(96)73-46(57(98)72-45)25(3)12-41(81)82/h5-6,8-9,18,23-26,30-37,45-47,61,75-76H,7,10-17,19-22,59H2,1-4H3,(H2,60,78)(H,62,89)(H,63,97)(H,64,77)(H,65,79)(H,66,80)(H,67,91)(H,68,95)(H,69,90)(H,70,92)(H,71,93)(H,72,98)(H,73,96)(H,74,94)(H,81,82)(H,83,84)(H,85,86)(H,87,88). The Kier molecular flexibility index (Phi) is 33.4. The lowest BCUT2D eigenvalue weighted by Crippen LogP contribution is -2.62. The number of carboxylic acid groups (broad SMARTS) is 4. The number of nitrogens with one attached hydrogen (secondary N) is 14. The number of cyclic esters (lactones) is 1. The quantitative estimate of drug-likeness (QED) is 0.0292. The molecule has 0 spiro atoms. The van der Waals surface area contributed by atoms with Gasteiger partial charge in [0.25, 0.3) is 0 Å². The Morgan fingerprint density at radius 2 is 1.08 bits per heavy atom. The highest BCUT2D eigenvalue weighted by Gasteiger charge is 2.41. The fourth-order valence-electron chi connectivity index (χ4n) is 9.62. The molecular formula is C58H82N16O26. The maximum absolute atomic E-state index is 14.4. The van der Waals surface area contributed by atoms with Crippen molar-refractivity contribution in [1.29, 1.82) is 0 Å². The molecule has 1 saturated heterocycles.